The zero-order valence-corrected chi connectivity index (χ0v) is 15.5. The smallest absolute Gasteiger partial charge is 0.252 e. The Hall–Kier alpha value is -1.20. The summed E-state index contributed by atoms with van der Waals surface area (Å²) in [5, 5.41) is 8.44. The van der Waals surface area contributed by atoms with Crippen molar-refractivity contribution in [2.75, 3.05) is 6.54 Å². The van der Waals surface area contributed by atoms with Gasteiger partial charge in [-0.25, -0.2) is 4.98 Å². The van der Waals surface area contributed by atoms with Gasteiger partial charge < -0.3 is 5.32 Å². The molecule has 0 aliphatic heterocycles. The first kappa shape index (κ1) is 16.7. The predicted molar refractivity (Wildman–Crippen MR) is 97.6 cm³/mol. The third-order valence-corrected chi connectivity index (χ3v) is 6.49. The molecule has 0 fully saturated rings. The molecule has 0 radical (unpaired) electrons. The number of carbonyl (C=O) groups excluding carboxylic acids is 1. The molecule has 0 bridgehead atoms. The van der Waals surface area contributed by atoms with Crippen molar-refractivity contribution in [3.8, 4) is 0 Å². The molecule has 2 aromatic heterocycles. The van der Waals surface area contributed by atoms with E-state index in [1.165, 1.54) is 21.9 Å². The van der Waals surface area contributed by atoms with E-state index in [0.717, 1.165) is 55.8 Å². The lowest BCUT2D eigenvalue weighted by Gasteiger charge is -2.18. The number of aryl methyl sites for hydroxylation is 2. The van der Waals surface area contributed by atoms with Crippen LogP contribution >= 0.6 is 22.7 Å². The molecular formula is C18H24N2OS2. The van der Waals surface area contributed by atoms with Crippen LogP contribution in [-0.2, 0) is 19.3 Å². The van der Waals surface area contributed by atoms with Gasteiger partial charge in [-0.3, -0.25) is 4.79 Å². The van der Waals surface area contributed by atoms with Crippen molar-refractivity contribution < 1.29 is 4.79 Å². The van der Waals surface area contributed by atoms with Gasteiger partial charge in [0, 0.05) is 27.9 Å². The maximum absolute atomic E-state index is 12.4. The quantitative estimate of drug-likeness (QED) is 0.787. The topological polar surface area (TPSA) is 42.0 Å². The van der Waals surface area contributed by atoms with Gasteiger partial charge in [0.15, 0.2) is 0 Å². The number of rotatable bonds is 6. The maximum Gasteiger partial charge on any atom is 0.252 e. The van der Waals surface area contributed by atoms with Crippen LogP contribution < -0.4 is 5.32 Å². The van der Waals surface area contributed by atoms with Gasteiger partial charge in [-0.05, 0) is 56.9 Å². The van der Waals surface area contributed by atoms with Crippen LogP contribution in [0.15, 0.2) is 10.8 Å². The third-order valence-electron chi connectivity index (χ3n) is 4.42. The summed E-state index contributed by atoms with van der Waals surface area (Å²) < 4.78 is 0. The van der Waals surface area contributed by atoms with E-state index < -0.39 is 0 Å². The Labute approximate surface area is 146 Å². The molecule has 0 aromatic carbocycles. The Morgan fingerprint density at radius 1 is 1.35 bits per heavy atom. The van der Waals surface area contributed by atoms with Crippen LogP contribution in [-0.4, -0.2) is 17.4 Å². The fourth-order valence-corrected chi connectivity index (χ4v) is 5.15. The highest BCUT2D eigenvalue weighted by Gasteiger charge is 2.22. The second-order valence-corrected chi connectivity index (χ2v) is 8.40. The van der Waals surface area contributed by atoms with Crippen LogP contribution in [0.25, 0.3) is 0 Å². The number of unbranched alkanes of at least 4 members (excludes halogenated alkanes) is 1. The molecule has 0 spiro atoms. The van der Waals surface area contributed by atoms with Crippen molar-refractivity contribution in [1.29, 1.82) is 0 Å². The minimum Gasteiger partial charge on any atom is -0.352 e. The zero-order valence-electron chi connectivity index (χ0n) is 13.9. The van der Waals surface area contributed by atoms with E-state index in [1.807, 2.05) is 6.92 Å². The molecule has 5 heteroatoms. The summed E-state index contributed by atoms with van der Waals surface area (Å²) in [5.41, 5.74) is 3.34. The summed E-state index contributed by atoms with van der Waals surface area (Å²) in [5.74, 6) is 0.869. The second kappa shape index (κ2) is 7.58. The molecular weight excluding hydrogens is 324 g/mol. The van der Waals surface area contributed by atoms with Gasteiger partial charge in [-0.15, -0.1) is 22.7 Å². The summed E-state index contributed by atoms with van der Waals surface area (Å²) in [6.07, 6.45) is 6.50. The molecule has 2 aromatic rings. The summed E-state index contributed by atoms with van der Waals surface area (Å²) in [6.45, 7) is 5.08. The number of aromatic nitrogens is 1. The van der Waals surface area contributed by atoms with Crippen molar-refractivity contribution in [1.82, 2.24) is 10.3 Å². The zero-order chi connectivity index (χ0) is 16.2. The van der Waals surface area contributed by atoms with E-state index >= 15 is 0 Å². The molecule has 124 valence electrons. The molecule has 0 saturated heterocycles. The molecule has 3 rings (SSSR count). The van der Waals surface area contributed by atoms with Crippen LogP contribution in [0, 0.1) is 12.8 Å². The Kier molecular flexibility index (Phi) is 5.49. The Bertz CT molecular complexity index is 674. The molecule has 1 atom stereocenters. The van der Waals surface area contributed by atoms with Gasteiger partial charge in [0.1, 0.15) is 0 Å². The number of thiazole rings is 1. The largest absolute Gasteiger partial charge is 0.352 e. The van der Waals surface area contributed by atoms with Crippen molar-refractivity contribution in [2.24, 2.45) is 5.92 Å². The Balaban J connectivity index is 1.43. The van der Waals surface area contributed by atoms with E-state index in [-0.39, 0.29) is 5.91 Å². The summed E-state index contributed by atoms with van der Waals surface area (Å²) >= 11 is 3.49. The highest BCUT2D eigenvalue weighted by Crippen LogP contribution is 2.32. The second-order valence-electron chi connectivity index (χ2n) is 6.49. The third kappa shape index (κ3) is 4.21. The predicted octanol–water partition coefficient (Wildman–Crippen LogP) is 4.39. The number of hydrogen-bond donors (Lipinski definition) is 1. The van der Waals surface area contributed by atoms with Crippen molar-refractivity contribution >= 4 is 28.6 Å². The highest BCUT2D eigenvalue weighted by molar-refractivity contribution is 7.10. The summed E-state index contributed by atoms with van der Waals surface area (Å²) in [4.78, 5) is 18.3. The van der Waals surface area contributed by atoms with Crippen LogP contribution in [0.4, 0.5) is 0 Å². The van der Waals surface area contributed by atoms with Crippen LogP contribution in [0.1, 0.15) is 57.7 Å². The van der Waals surface area contributed by atoms with Gasteiger partial charge in [-0.1, -0.05) is 6.92 Å². The van der Waals surface area contributed by atoms with Gasteiger partial charge in [-0.2, -0.15) is 0 Å². The maximum atomic E-state index is 12.4. The van der Waals surface area contributed by atoms with Crippen molar-refractivity contribution in [3.63, 3.8) is 0 Å². The standard InChI is InChI=1S/C18H24N2OS2/c1-12-6-7-14-15(11-22-16(14)9-12)18(21)19-8-4-3-5-17-20-13(2)10-23-17/h10-12H,3-9H2,1-2H3,(H,19,21). The van der Waals surface area contributed by atoms with Crippen LogP contribution in [0.2, 0.25) is 0 Å². The molecule has 1 aliphatic rings. The number of fused-ring (bicyclic) bond motifs is 1. The number of nitrogens with one attached hydrogen (secondary N) is 1. The number of nitrogens with zero attached hydrogens (tertiary/aromatic N) is 1. The number of carbonyl (C=O) groups is 1. The normalized spacial score (nSPS) is 17.0. The van der Waals surface area contributed by atoms with Gasteiger partial charge in [0.2, 0.25) is 0 Å². The summed E-state index contributed by atoms with van der Waals surface area (Å²) in [7, 11) is 0. The van der Waals surface area contributed by atoms with Crippen LogP contribution in [0.3, 0.4) is 0 Å². The molecule has 2 heterocycles. The highest BCUT2D eigenvalue weighted by atomic mass is 32.1. The lowest BCUT2D eigenvalue weighted by Crippen LogP contribution is -2.25. The lowest BCUT2D eigenvalue weighted by atomic mass is 9.88. The Morgan fingerprint density at radius 3 is 3.00 bits per heavy atom. The van der Waals surface area contributed by atoms with E-state index in [0.29, 0.717) is 0 Å². The van der Waals surface area contributed by atoms with Crippen molar-refractivity contribution in [3.05, 3.63) is 37.5 Å². The fraction of sp³-hybridized carbons (Fsp3) is 0.556. The average Bonchev–Trinajstić information content (AvgIpc) is 3.12. The lowest BCUT2D eigenvalue weighted by molar-refractivity contribution is 0.0952. The monoisotopic (exact) mass is 348 g/mol. The number of thiophene rings is 1. The van der Waals surface area contributed by atoms with E-state index in [9.17, 15) is 4.79 Å². The van der Waals surface area contributed by atoms with E-state index in [1.54, 1.807) is 22.7 Å². The van der Waals surface area contributed by atoms with Crippen molar-refractivity contribution in [2.45, 2.75) is 52.4 Å². The SMILES string of the molecule is Cc1csc(CCCCNC(=O)c2csc3c2CCC(C)C3)n1. The van der Waals surface area contributed by atoms with Crippen LogP contribution in [0.5, 0.6) is 0 Å². The van der Waals surface area contributed by atoms with Gasteiger partial charge in [0.25, 0.3) is 5.91 Å². The number of amides is 1. The van der Waals surface area contributed by atoms with Gasteiger partial charge >= 0.3 is 0 Å². The molecule has 0 saturated carbocycles. The van der Waals surface area contributed by atoms with E-state index in [2.05, 4.69) is 28.0 Å². The average molecular weight is 349 g/mol. The van der Waals surface area contributed by atoms with Gasteiger partial charge in [0.05, 0.1) is 10.6 Å². The first-order valence-corrected chi connectivity index (χ1v) is 10.2. The summed E-state index contributed by atoms with van der Waals surface area (Å²) in [6, 6.07) is 0. The minimum atomic E-state index is 0.113. The fourth-order valence-electron chi connectivity index (χ4n) is 3.08. The van der Waals surface area contributed by atoms with E-state index in [4.69, 9.17) is 0 Å². The molecule has 23 heavy (non-hydrogen) atoms. The molecule has 1 aliphatic carbocycles. The molecule has 1 amide bonds. The molecule has 3 nitrogen and oxygen atoms in total. The molecule has 1 unspecified atom stereocenters. The molecule has 1 N–H and O–H groups in total. The first-order valence-electron chi connectivity index (χ1n) is 8.42. The first-order chi connectivity index (χ1) is 11.1. The number of hydrogen-bond acceptors (Lipinski definition) is 4. The Morgan fingerprint density at radius 2 is 2.22 bits per heavy atom. The minimum absolute atomic E-state index is 0.113.